The van der Waals surface area contributed by atoms with Crippen molar-refractivity contribution >= 4 is 22.1 Å². The van der Waals surface area contributed by atoms with Crippen LogP contribution in [0.4, 0.5) is 9.57 Å². The van der Waals surface area contributed by atoms with E-state index in [0.717, 1.165) is 12.8 Å². The fraction of sp³-hybridized carbons (Fsp3) is 0.417. The summed E-state index contributed by atoms with van der Waals surface area (Å²) >= 11 is 0. The van der Waals surface area contributed by atoms with Crippen molar-refractivity contribution in [3.63, 3.8) is 0 Å². The summed E-state index contributed by atoms with van der Waals surface area (Å²) in [4.78, 5) is 11.7. The molecule has 1 heterocycles. The van der Waals surface area contributed by atoms with Gasteiger partial charge in [-0.15, -0.1) is 0 Å². The smallest absolute Gasteiger partial charge is 0.378 e. The van der Waals surface area contributed by atoms with Gasteiger partial charge in [0.1, 0.15) is 5.75 Å². The van der Waals surface area contributed by atoms with E-state index in [-0.39, 0.29) is 24.2 Å². The van der Waals surface area contributed by atoms with E-state index in [0.29, 0.717) is 12.3 Å². The summed E-state index contributed by atoms with van der Waals surface area (Å²) in [6, 6.07) is 5.35. The molecule has 110 valence electrons. The van der Waals surface area contributed by atoms with E-state index in [1.807, 2.05) is 0 Å². The lowest BCUT2D eigenvalue weighted by atomic mass is 10.2. The maximum Gasteiger partial charge on any atom is 0.488 e. The van der Waals surface area contributed by atoms with E-state index in [9.17, 15) is 17.1 Å². The van der Waals surface area contributed by atoms with Gasteiger partial charge in [-0.2, -0.15) is 8.42 Å². The molecule has 20 heavy (non-hydrogen) atoms. The molecule has 1 aromatic rings. The van der Waals surface area contributed by atoms with Crippen LogP contribution in [0.15, 0.2) is 24.3 Å². The zero-order valence-corrected chi connectivity index (χ0v) is 11.4. The first-order chi connectivity index (χ1) is 9.42. The zero-order valence-electron chi connectivity index (χ0n) is 10.5. The lowest BCUT2D eigenvalue weighted by Gasteiger charge is -2.10. The number of benzene rings is 1. The van der Waals surface area contributed by atoms with Crippen molar-refractivity contribution in [1.29, 1.82) is 0 Å². The molecule has 0 spiro atoms. The fourth-order valence-corrected chi connectivity index (χ4v) is 2.27. The van der Waals surface area contributed by atoms with Gasteiger partial charge in [0.25, 0.3) is 0 Å². The third-order valence-electron chi connectivity index (χ3n) is 2.77. The quantitative estimate of drug-likeness (QED) is 0.839. The fourth-order valence-electron chi connectivity index (χ4n) is 1.93. The standard InChI is InChI=1S/C12H14FNO5S/c13-20(16,17)19-10-5-3-9(4-6-10)14-12(15)8-11-2-1-7-18-11/h3-6,11H,1-2,7-8H2,(H,14,15). The first-order valence-electron chi connectivity index (χ1n) is 6.08. The number of rotatable bonds is 5. The van der Waals surface area contributed by atoms with Gasteiger partial charge in [0.05, 0.1) is 12.5 Å². The summed E-state index contributed by atoms with van der Waals surface area (Å²) in [7, 11) is -5.03. The summed E-state index contributed by atoms with van der Waals surface area (Å²) in [5.41, 5.74) is 0.469. The van der Waals surface area contributed by atoms with Crippen molar-refractivity contribution in [2.24, 2.45) is 0 Å². The first-order valence-corrected chi connectivity index (χ1v) is 7.39. The topological polar surface area (TPSA) is 81.7 Å². The summed E-state index contributed by atoms with van der Waals surface area (Å²) in [5, 5.41) is 2.64. The van der Waals surface area contributed by atoms with Crippen LogP contribution in [0.5, 0.6) is 5.75 Å². The molecule has 6 nitrogen and oxygen atoms in total. The zero-order chi connectivity index (χ0) is 14.6. The molecule has 1 unspecified atom stereocenters. The number of ether oxygens (including phenoxy) is 1. The van der Waals surface area contributed by atoms with Crippen LogP contribution in [0, 0.1) is 0 Å². The molecular formula is C12H14FNO5S. The number of hydrogen-bond acceptors (Lipinski definition) is 5. The molecule has 2 rings (SSSR count). The molecule has 1 N–H and O–H groups in total. The van der Waals surface area contributed by atoms with Crippen LogP contribution < -0.4 is 9.50 Å². The third-order valence-corrected chi connectivity index (χ3v) is 3.16. The number of amides is 1. The van der Waals surface area contributed by atoms with Crippen LogP contribution in [0.25, 0.3) is 0 Å². The number of carbonyl (C=O) groups excluding carboxylic acids is 1. The molecule has 0 radical (unpaired) electrons. The molecule has 1 aliphatic heterocycles. The van der Waals surface area contributed by atoms with Crippen molar-refractivity contribution in [3.05, 3.63) is 24.3 Å². The van der Waals surface area contributed by atoms with Gasteiger partial charge in [-0.25, -0.2) is 0 Å². The normalized spacial score (nSPS) is 18.8. The van der Waals surface area contributed by atoms with Crippen molar-refractivity contribution in [1.82, 2.24) is 0 Å². The van der Waals surface area contributed by atoms with Gasteiger partial charge in [-0.05, 0) is 37.1 Å². The average molecular weight is 303 g/mol. The highest BCUT2D eigenvalue weighted by Crippen LogP contribution is 2.19. The largest absolute Gasteiger partial charge is 0.488 e. The Kier molecular flexibility index (Phi) is 4.56. The van der Waals surface area contributed by atoms with Crippen molar-refractivity contribution < 1.29 is 26.0 Å². The van der Waals surface area contributed by atoms with Crippen molar-refractivity contribution in [2.75, 3.05) is 11.9 Å². The van der Waals surface area contributed by atoms with Gasteiger partial charge in [0.2, 0.25) is 5.91 Å². The van der Waals surface area contributed by atoms with Crippen LogP contribution in [0.1, 0.15) is 19.3 Å². The predicted octanol–water partition coefficient (Wildman–Crippen LogP) is 1.79. The van der Waals surface area contributed by atoms with E-state index >= 15 is 0 Å². The maximum absolute atomic E-state index is 12.3. The van der Waals surface area contributed by atoms with Crippen LogP contribution in [-0.4, -0.2) is 27.0 Å². The SMILES string of the molecule is O=C(CC1CCCO1)Nc1ccc(OS(=O)(=O)F)cc1. The van der Waals surface area contributed by atoms with Crippen LogP contribution in [0.3, 0.4) is 0 Å². The van der Waals surface area contributed by atoms with Crippen LogP contribution in [0.2, 0.25) is 0 Å². The highest BCUT2D eigenvalue weighted by Gasteiger charge is 2.19. The van der Waals surface area contributed by atoms with Gasteiger partial charge in [-0.3, -0.25) is 4.79 Å². The molecule has 1 aromatic carbocycles. The minimum atomic E-state index is -5.03. The molecule has 1 atom stereocenters. The van der Waals surface area contributed by atoms with Gasteiger partial charge in [0, 0.05) is 12.3 Å². The van der Waals surface area contributed by atoms with Crippen LogP contribution >= 0.6 is 0 Å². The van der Waals surface area contributed by atoms with Crippen molar-refractivity contribution in [3.8, 4) is 5.75 Å². The Morgan fingerprint density at radius 1 is 1.40 bits per heavy atom. The number of carbonyl (C=O) groups is 1. The van der Waals surface area contributed by atoms with E-state index in [4.69, 9.17) is 4.74 Å². The molecule has 8 heteroatoms. The lowest BCUT2D eigenvalue weighted by Crippen LogP contribution is -2.19. The minimum absolute atomic E-state index is 0.0470. The molecule has 0 bridgehead atoms. The number of nitrogens with one attached hydrogen (secondary N) is 1. The Balaban J connectivity index is 1.88. The summed E-state index contributed by atoms with van der Waals surface area (Å²) < 4.78 is 42.2. The van der Waals surface area contributed by atoms with Gasteiger partial charge in [-0.1, -0.05) is 3.89 Å². The monoisotopic (exact) mass is 303 g/mol. The van der Waals surface area contributed by atoms with Crippen molar-refractivity contribution in [2.45, 2.75) is 25.4 Å². The van der Waals surface area contributed by atoms with E-state index in [1.165, 1.54) is 24.3 Å². The Hall–Kier alpha value is -1.67. The van der Waals surface area contributed by atoms with Gasteiger partial charge < -0.3 is 14.2 Å². The molecular weight excluding hydrogens is 289 g/mol. The van der Waals surface area contributed by atoms with E-state index in [1.54, 1.807) is 0 Å². The molecule has 1 aliphatic rings. The Morgan fingerprint density at radius 2 is 2.10 bits per heavy atom. The highest BCUT2D eigenvalue weighted by atomic mass is 32.3. The third kappa shape index (κ3) is 4.78. The minimum Gasteiger partial charge on any atom is -0.378 e. The number of anilines is 1. The Morgan fingerprint density at radius 3 is 2.65 bits per heavy atom. The summed E-state index contributed by atoms with van der Waals surface area (Å²) in [6.07, 6.45) is 2.06. The molecule has 1 saturated heterocycles. The highest BCUT2D eigenvalue weighted by molar-refractivity contribution is 7.81. The lowest BCUT2D eigenvalue weighted by molar-refractivity contribution is -0.118. The molecule has 1 fully saturated rings. The molecule has 0 saturated carbocycles. The second-order valence-corrected chi connectivity index (χ2v) is 5.34. The molecule has 1 amide bonds. The number of halogens is 1. The first kappa shape index (κ1) is 14.7. The Labute approximate surface area is 116 Å². The second kappa shape index (κ2) is 6.19. The van der Waals surface area contributed by atoms with Gasteiger partial charge >= 0.3 is 10.5 Å². The average Bonchev–Trinajstić information content (AvgIpc) is 2.82. The Bertz CT molecular complexity index is 566. The summed E-state index contributed by atoms with van der Waals surface area (Å²) in [6.45, 7) is 0.682. The molecule has 0 aromatic heterocycles. The summed E-state index contributed by atoms with van der Waals surface area (Å²) in [5.74, 6) is -0.353. The number of hydrogen-bond donors (Lipinski definition) is 1. The molecule has 0 aliphatic carbocycles. The van der Waals surface area contributed by atoms with E-state index < -0.39 is 10.5 Å². The second-order valence-electron chi connectivity index (χ2n) is 4.39. The van der Waals surface area contributed by atoms with E-state index in [2.05, 4.69) is 9.50 Å². The van der Waals surface area contributed by atoms with Crippen LogP contribution in [-0.2, 0) is 20.0 Å². The van der Waals surface area contributed by atoms with Gasteiger partial charge in [0.15, 0.2) is 0 Å². The maximum atomic E-state index is 12.3. The predicted molar refractivity (Wildman–Crippen MR) is 69.3 cm³/mol.